The number of aliphatic imine (C=N–C) groups is 1. The van der Waals surface area contributed by atoms with E-state index in [-0.39, 0.29) is 5.41 Å². The van der Waals surface area contributed by atoms with Crippen LogP contribution in [0, 0.1) is 13.8 Å². The first-order valence-electron chi connectivity index (χ1n) is 13.0. The third-order valence-electron chi connectivity index (χ3n) is 7.21. The Labute approximate surface area is 214 Å². The minimum atomic E-state index is -0.769. The number of nitrogens with zero attached hydrogens (tertiary/aromatic N) is 1. The molecule has 0 spiro atoms. The van der Waals surface area contributed by atoms with Crippen molar-refractivity contribution in [2.75, 3.05) is 0 Å². The van der Waals surface area contributed by atoms with E-state index in [0.29, 0.717) is 0 Å². The van der Waals surface area contributed by atoms with Crippen LogP contribution in [0.5, 0.6) is 0 Å². The molecule has 2 rings (SSSR count). The fourth-order valence-electron chi connectivity index (χ4n) is 4.97. The Bertz CT molecular complexity index is 1110. The van der Waals surface area contributed by atoms with Crippen LogP contribution in [0.1, 0.15) is 101 Å². The lowest BCUT2D eigenvalue weighted by Crippen LogP contribution is -2.26. The molecule has 2 aromatic rings. The van der Waals surface area contributed by atoms with Crippen LogP contribution in [0.3, 0.4) is 0 Å². The first-order chi connectivity index (χ1) is 16.5. The molecule has 0 saturated carbocycles. The monoisotopic (exact) mass is 471 g/mol. The summed E-state index contributed by atoms with van der Waals surface area (Å²) in [5.74, 6) is 0. The van der Waals surface area contributed by atoms with Crippen LogP contribution >= 0.6 is 0 Å². The molecule has 0 radical (unpaired) electrons. The summed E-state index contributed by atoms with van der Waals surface area (Å²) < 4.78 is 0. The molecule has 0 aliphatic heterocycles. The zero-order valence-electron chi connectivity index (χ0n) is 23.2. The van der Waals surface area contributed by atoms with Gasteiger partial charge in [-0.1, -0.05) is 87.4 Å². The molecule has 0 fully saturated rings. The molecule has 2 aromatic carbocycles. The van der Waals surface area contributed by atoms with Crippen molar-refractivity contribution in [1.29, 1.82) is 0 Å². The fourth-order valence-corrected chi connectivity index (χ4v) is 4.97. The van der Waals surface area contributed by atoms with E-state index in [2.05, 4.69) is 109 Å². The first-order valence-corrected chi connectivity index (χ1v) is 13.0. The van der Waals surface area contributed by atoms with Crippen molar-refractivity contribution < 1.29 is 5.11 Å². The van der Waals surface area contributed by atoms with E-state index in [1.807, 2.05) is 19.1 Å². The van der Waals surface area contributed by atoms with Gasteiger partial charge in [0.25, 0.3) is 0 Å². The van der Waals surface area contributed by atoms with E-state index >= 15 is 0 Å². The Hall–Kier alpha value is -2.71. The largest absolute Gasteiger partial charge is 0.386 e. The Morgan fingerprint density at radius 3 is 2.03 bits per heavy atom. The maximum atomic E-state index is 10.5. The van der Waals surface area contributed by atoms with Crippen LogP contribution in [0.2, 0.25) is 0 Å². The second kappa shape index (κ2) is 12.3. The molecule has 0 aliphatic carbocycles. The zero-order valence-corrected chi connectivity index (χ0v) is 23.2. The average molecular weight is 472 g/mol. The lowest BCUT2D eigenvalue weighted by atomic mass is 9.69. The third-order valence-corrected chi connectivity index (χ3v) is 7.21. The average Bonchev–Trinajstić information content (AvgIpc) is 2.81. The predicted octanol–water partition coefficient (Wildman–Crippen LogP) is 8.98. The molecule has 0 aliphatic rings. The van der Waals surface area contributed by atoms with Crippen LogP contribution < -0.4 is 0 Å². The number of rotatable bonds is 11. The van der Waals surface area contributed by atoms with Gasteiger partial charge in [-0.25, -0.2) is 0 Å². The zero-order chi connectivity index (χ0) is 26.2. The lowest BCUT2D eigenvalue weighted by Gasteiger charge is -2.34. The molecule has 1 unspecified atom stereocenters. The Balaban J connectivity index is 2.51. The SMILES string of the molecule is C=N/C(=C\C=C(C)C)c1ccc(C(CC)(CC)c2ccc(/C=C/C(C)(O)CCC)c(C)c2)cc1C. The van der Waals surface area contributed by atoms with Crippen molar-refractivity contribution in [2.24, 2.45) is 4.99 Å². The Kier molecular flexibility index (Phi) is 10.0. The number of hydrogen-bond acceptors (Lipinski definition) is 2. The van der Waals surface area contributed by atoms with Gasteiger partial charge in [-0.05, 0) is 94.5 Å². The highest BCUT2D eigenvalue weighted by atomic mass is 16.3. The van der Waals surface area contributed by atoms with Crippen molar-refractivity contribution in [3.8, 4) is 0 Å². The van der Waals surface area contributed by atoms with Gasteiger partial charge < -0.3 is 5.11 Å². The molecular weight excluding hydrogens is 426 g/mol. The van der Waals surface area contributed by atoms with Gasteiger partial charge in [0.15, 0.2) is 0 Å². The number of allylic oxidation sites excluding steroid dienone is 3. The molecular formula is C33H45NO. The smallest absolute Gasteiger partial charge is 0.0802 e. The van der Waals surface area contributed by atoms with E-state index in [1.165, 1.54) is 27.8 Å². The molecule has 0 bridgehead atoms. The maximum absolute atomic E-state index is 10.5. The maximum Gasteiger partial charge on any atom is 0.0802 e. The van der Waals surface area contributed by atoms with Gasteiger partial charge in [-0.2, -0.15) is 0 Å². The summed E-state index contributed by atoms with van der Waals surface area (Å²) in [6.45, 7) is 20.8. The van der Waals surface area contributed by atoms with Crippen LogP contribution in [-0.4, -0.2) is 17.4 Å². The van der Waals surface area contributed by atoms with Crippen molar-refractivity contribution in [3.63, 3.8) is 0 Å². The van der Waals surface area contributed by atoms with E-state index in [4.69, 9.17) is 0 Å². The molecule has 0 aromatic heterocycles. The summed E-state index contributed by atoms with van der Waals surface area (Å²) in [7, 11) is 0. The van der Waals surface area contributed by atoms with Crippen molar-refractivity contribution in [3.05, 3.63) is 93.6 Å². The van der Waals surface area contributed by atoms with E-state index in [9.17, 15) is 5.11 Å². The fraction of sp³-hybridized carbons (Fsp3) is 0.424. The predicted molar refractivity (Wildman–Crippen MR) is 155 cm³/mol. The summed E-state index contributed by atoms with van der Waals surface area (Å²) >= 11 is 0. The second-order valence-corrected chi connectivity index (χ2v) is 10.3. The molecule has 0 saturated heterocycles. The highest BCUT2D eigenvalue weighted by molar-refractivity contribution is 5.72. The minimum absolute atomic E-state index is 0.0601. The van der Waals surface area contributed by atoms with Crippen LogP contribution in [0.25, 0.3) is 11.8 Å². The summed E-state index contributed by atoms with van der Waals surface area (Å²) in [6, 6.07) is 13.6. The summed E-state index contributed by atoms with van der Waals surface area (Å²) in [5.41, 5.74) is 8.71. The van der Waals surface area contributed by atoms with E-state index in [0.717, 1.165) is 42.5 Å². The van der Waals surface area contributed by atoms with Crippen LogP contribution in [0.15, 0.2) is 65.2 Å². The topological polar surface area (TPSA) is 32.6 Å². The van der Waals surface area contributed by atoms with Gasteiger partial charge in [0, 0.05) is 11.0 Å². The van der Waals surface area contributed by atoms with E-state index < -0.39 is 5.60 Å². The van der Waals surface area contributed by atoms with Gasteiger partial charge in [0.1, 0.15) is 0 Å². The Morgan fingerprint density at radius 2 is 1.54 bits per heavy atom. The molecule has 2 heteroatoms. The molecule has 0 amide bonds. The lowest BCUT2D eigenvalue weighted by molar-refractivity contribution is 0.102. The number of hydrogen-bond donors (Lipinski definition) is 1. The van der Waals surface area contributed by atoms with Crippen LogP contribution in [0.4, 0.5) is 0 Å². The molecule has 35 heavy (non-hydrogen) atoms. The second-order valence-electron chi connectivity index (χ2n) is 10.3. The number of aryl methyl sites for hydroxylation is 2. The molecule has 1 atom stereocenters. The van der Waals surface area contributed by atoms with Crippen LogP contribution in [-0.2, 0) is 5.41 Å². The van der Waals surface area contributed by atoms with Gasteiger partial charge >= 0.3 is 0 Å². The van der Waals surface area contributed by atoms with Gasteiger partial charge in [-0.3, -0.25) is 4.99 Å². The highest BCUT2D eigenvalue weighted by Crippen LogP contribution is 2.41. The van der Waals surface area contributed by atoms with Crippen molar-refractivity contribution >= 4 is 18.5 Å². The standard InChI is InChI=1S/C33H45NO/c1-10-20-32(8,35)21-19-27-14-15-28(22-25(27)6)33(11-2,12-3)29-16-17-30(26(7)23-29)31(34-9)18-13-24(4)5/h13-19,21-23,35H,9-12,20H2,1-8H3/b21-19+,31-18-. The van der Waals surface area contributed by atoms with E-state index in [1.54, 1.807) is 0 Å². The van der Waals surface area contributed by atoms with Gasteiger partial charge in [0.05, 0.1) is 11.3 Å². The first kappa shape index (κ1) is 28.5. The van der Waals surface area contributed by atoms with Crippen molar-refractivity contribution in [2.45, 2.75) is 92.1 Å². The third kappa shape index (κ3) is 6.92. The summed E-state index contributed by atoms with van der Waals surface area (Å²) in [5, 5.41) is 10.5. The van der Waals surface area contributed by atoms with Crippen molar-refractivity contribution in [1.82, 2.24) is 0 Å². The molecule has 0 heterocycles. The van der Waals surface area contributed by atoms with Gasteiger partial charge in [0.2, 0.25) is 0 Å². The highest BCUT2D eigenvalue weighted by Gasteiger charge is 2.31. The normalized spacial score (nSPS) is 14.1. The van der Waals surface area contributed by atoms with Gasteiger partial charge in [-0.15, -0.1) is 0 Å². The summed E-state index contributed by atoms with van der Waals surface area (Å²) in [6.07, 6.45) is 11.9. The minimum Gasteiger partial charge on any atom is -0.386 e. The number of benzene rings is 2. The quantitative estimate of drug-likeness (QED) is 0.257. The Morgan fingerprint density at radius 1 is 0.943 bits per heavy atom. The number of aliphatic hydroxyl groups is 1. The molecule has 1 N–H and O–H groups in total. The molecule has 188 valence electrons. The summed E-state index contributed by atoms with van der Waals surface area (Å²) in [4.78, 5) is 4.29. The molecule has 2 nitrogen and oxygen atoms in total.